The van der Waals surface area contributed by atoms with Gasteiger partial charge in [0.1, 0.15) is 11.5 Å². The molecule has 0 aliphatic carbocycles. The molecule has 2 aromatic carbocycles. The molecule has 0 fully saturated rings. The Morgan fingerprint density at radius 3 is 2.27 bits per heavy atom. The molecule has 116 valence electrons. The van der Waals surface area contributed by atoms with Crippen LogP contribution >= 0.6 is 0 Å². The number of aromatic hydroxyl groups is 2. The van der Waals surface area contributed by atoms with Crippen LogP contribution in [0.15, 0.2) is 36.4 Å². The quantitative estimate of drug-likeness (QED) is 0.802. The van der Waals surface area contributed by atoms with E-state index in [1.54, 1.807) is 19.1 Å². The fourth-order valence-corrected chi connectivity index (χ4v) is 2.05. The van der Waals surface area contributed by atoms with Gasteiger partial charge < -0.3 is 19.7 Å². The molecule has 22 heavy (non-hydrogen) atoms. The molecule has 0 aromatic heterocycles. The van der Waals surface area contributed by atoms with Crippen LogP contribution < -0.4 is 9.47 Å². The summed E-state index contributed by atoms with van der Waals surface area (Å²) in [6.45, 7) is 4.52. The average Bonchev–Trinajstić information content (AvgIpc) is 2.49. The highest BCUT2D eigenvalue weighted by Crippen LogP contribution is 2.30. The smallest absolute Gasteiger partial charge is 0.196 e. The Bertz CT molecular complexity index is 679. The molecule has 0 spiro atoms. The molecule has 0 amide bonds. The summed E-state index contributed by atoms with van der Waals surface area (Å²) in [7, 11) is 0. The number of ether oxygens (including phenoxy) is 2. The minimum atomic E-state index is -0.390. The maximum Gasteiger partial charge on any atom is 0.196 e. The molecular weight excluding hydrogens is 284 g/mol. The van der Waals surface area contributed by atoms with Crippen molar-refractivity contribution in [1.82, 2.24) is 0 Å². The van der Waals surface area contributed by atoms with Crippen molar-refractivity contribution in [2.75, 3.05) is 13.2 Å². The number of benzene rings is 2. The minimum Gasteiger partial charge on any atom is -0.507 e. The van der Waals surface area contributed by atoms with E-state index in [0.29, 0.717) is 24.7 Å². The van der Waals surface area contributed by atoms with E-state index in [1.807, 2.05) is 6.92 Å². The van der Waals surface area contributed by atoms with E-state index in [9.17, 15) is 15.0 Å². The number of hydrogen-bond acceptors (Lipinski definition) is 5. The molecule has 5 nitrogen and oxygen atoms in total. The summed E-state index contributed by atoms with van der Waals surface area (Å²) in [5, 5.41) is 19.8. The number of ketones is 1. The molecule has 0 radical (unpaired) electrons. The highest BCUT2D eigenvalue weighted by molar-refractivity contribution is 6.11. The van der Waals surface area contributed by atoms with E-state index in [4.69, 9.17) is 9.47 Å². The van der Waals surface area contributed by atoms with Gasteiger partial charge in [-0.05, 0) is 44.2 Å². The van der Waals surface area contributed by atoms with Gasteiger partial charge in [-0.25, -0.2) is 0 Å². The molecule has 0 bridgehead atoms. The van der Waals surface area contributed by atoms with Crippen molar-refractivity contribution in [2.24, 2.45) is 0 Å². The second-order valence-electron chi connectivity index (χ2n) is 4.56. The molecule has 5 heteroatoms. The topological polar surface area (TPSA) is 76.0 Å². The van der Waals surface area contributed by atoms with Crippen molar-refractivity contribution >= 4 is 5.78 Å². The summed E-state index contributed by atoms with van der Waals surface area (Å²) in [6, 6.07) is 8.90. The van der Waals surface area contributed by atoms with Crippen LogP contribution in [0, 0.1) is 0 Å². The van der Waals surface area contributed by atoms with Crippen LogP contribution in [0.4, 0.5) is 0 Å². The maximum atomic E-state index is 12.4. The van der Waals surface area contributed by atoms with Crippen LogP contribution in [0.2, 0.25) is 0 Å². The van der Waals surface area contributed by atoms with Gasteiger partial charge in [0.15, 0.2) is 17.3 Å². The number of hydrogen-bond donors (Lipinski definition) is 2. The normalized spacial score (nSPS) is 10.3. The molecule has 0 heterocycles. The van der Waals surface area contributed by atoms with E-state index in [2.05, 4.69) is 0 Å². The Balaban J connectivity index is 2.30. The second-order valence-corrected chi connectivity index (χ2v) is 4.56. The summed E-state index contributed by atoms with van der Waals surface area (Å²) in [6.07, 6.45) is 0. The predicted octanol–water partition coefficient (Wildman–Crippen LogP) is 3.13. The van der Waals surface area contributed by atoms with Crippen molar-refractivity contribution in [3.8, 4) is 23.0 Å². The summed E-state index contributed by atoms with van der Waals surface area (Å²) in [5.41, 5.74) is 0.410. The highest BCUT2D eigenvalue weighted by Gasteiger charge is 2.16. The van der Waals surface area contributed by atoms with E-state index in [-0.39, 0.29) is 28.4 Å². The second kappa shape index (κ2) is 6.85. The van der Waals surface area contributed by atoms with Gasteiger partial charge in [0.25, 0.3) is 0 Å². The highest BCUT2D eigenvalue weighted by atomic mass is 16.5. The van der Waals surface area contributed by atoms with Gasteiger partial charge in [-0.15, -0.1) is 0 Å². The van der Waals surface area contributed by atoms with Gasteiger partial charge >= 0.3 is 0 Å². The third-order valence-corrected chi connectivity index (χ3v) is 3.05. The predicted molar refractivity (Wildman–Crippen MR) is 82.0 cm³/mol. The summed E-state index contributed by atoms with van der Waals surface area (Å²) in [5.74, 6) is 0.141. The minimum absolute atomic E-state index is 0.113. The van der Waals surface area contributed by atoms with Crippen LogP contribution in [-0.2, 0) is 0 Å². The Labute approximate surface area is 128 Å². The lowest BCUT2D eigenvalue weighted by atomic mass is 10.0. The first kappa shape index (κ1) is 15.7. The first-order chi connectivity index (χ1) is 10.6. The van der Waals surface area contributed by atoms with Gasteiger partial charge in [-0.3, -0.25) is 4.79 Å². The molecule has 0 aliphatic rings. The largest absolute Gasteiger partial charge is 0.507 e. The standard InChI is InChI=1S/C17H18O5/c1-3-21-12-6-7-13(14(18)10-12)17(20)11-5-8-16(22-4-2)15(19)9-11/h5-10,18-19H,3-4H2,1-2H3. The summed E-state index contributed by atoms with van der Waals surface area (Å²) < 4.78 is 10.5. The van der Waals surface area contributed by atoms with Gasteiger partial charge in [-0.1, -0.05) is 0 Å². The van der Waals surface area contributed by atoms with Crippen LogP contribution in [0.5, 0.6) is 23.0 Å². The van der Waals surface area contributed by atoms with Crippen molar-refractivity contribution in [3.63, 3.8) is 0 Å². The molecule has 2 aromatic rings. The molecule has 0 saturated heterocycles. The first-order valence-corrected chi connectivity index (χ1v) is 7.03. The zero-order chi connectivity index (χ0) is 16.1. The average molecular weight is 302 g/mol. The number of phenolic OH excluding ortho intramolecular Hbond substituents is 2. The third kappa shape index (κ3) is 3.31. The SMILES string of the molecule is CCOc1ccc(C(=O)c2ccc(OCC)c(O)c2)c(O)c1. The van der Waals surface area contributed by atoms with Gasteiger partial charge in [-0.2, -0.15) is 0 Å². The van der Waals surface area contributed by atoms with E-state index in [1.165, 1.54) is 24.3 Å². The van der Waals surface area contributed by atoms with Crippen LogP contribution in [0.3, 0.4) is 0 Å². The third-order valence-electron chi connectivity index (χ3n) is 3.05. The van der Waals surface area contributed by atoms with Crippen LogP contribution in [-0.4, -0.2) is 29.2 Å². The molecule has 2 N–H and O–H groups in total. The zero-order valence-electron chi connectivity index (χ0n) is 12.5. The summed E-state index contributed by atoms with van der Waals surface area (Å²) >= 11 is 0. The van der Waals surface area contributed by atoms with Crippen molar-refractivity contribution in [2.45, 2.75) is 13.8 Å². The monoisotopic (exact) mass is 302 g/mol. The molecule has 0 saturated carbocycles. The van der Waals surface area contributed by atoms with Gasteiger partial charge in [0, 0.05) is 11.6 Å². The van der Waals surface area contributed by atoms with Gasteiger partial charge in [0.05, 0.1) is 18.8 Å². The van der Waals surface area contributed by atoms with E-state index >= 15 is 0 Å². The lowest BCUT2D eigenvalue weighted by Crippen LogP contribution is -2.03. The maximum absolute atomic E-state index is 12.4. The Morgan fingerprint density at radius 1 is 0.955 bits per heavy atom. The molecule has 2 rings (SSSR count). The zero-order valence-corrected chi connectivity index (χ0v) is 12.5. The summed E-state index contributed by atoms with van der Waals surface area (Å²) in [4.78, 5) is 12.4. The fraction of sp³-hybridized carbons (Fsp3) is 0.235. The molecule has 0 atom stereocenters. The van der Waals surface area contributed by atoms with Crippen LogP contribution in [0.25, 0.3) is 0 Å². The number of rotatable bonds is 6. The lowest BCUT2D eigenvalue weighted by molar-refractivity contribution is 0.103. The first-order valence-electron chi connectivity index (χ1n) is 7.03. The fourth-order valence-electron chi connectivity index (χ4n) is 2.05. The van der Waals surface area contributed by atoms with Crippen molar-refractivity contribution in [1.29, 1.82) is 0 Å². The van der Waals surface area contributed by atoms with Gasteiger partial charge in [0.2, 0.25) is 0 Å². The Kier molecular flexibility index (Phi) is 4.88. The van der Waals surface area contributed by atoms with E-state index < -0.39 is 0 Å². The van der Waals surface area contributed by atoms with Crippen molar-refractivity contribution in [3.05, 3.63) is 47.5 Å². The number of phenols is 2. The number of carbonyl (C=O) groups is 1. The molecule has 0 aliphatic heterocycles. The van der Waals surface area contributed by atoms with Crippen molar-refractivity contribution < 1.29 is 24.5 Å². The number of carbonyl (C=O) groups excluding carboxylic acids is 1. The molecule has 0 unspecified atom stereocenters. The lowest BCUT2D eigenvalue weighted by Gasteiger charge is -2.09. The van der Waals surface area contributed by atoms with Crippen LogP contribution in [0.1, 0.15) is 29.8 Å². The van der Waals surface area contributed by atoms with E-state index in [0.717, 1.165) is 0 Å². The Morgan fingerprint density at radius 2 is 1.68 bits per heavy atom. The Hall–Kier alpha value is -2.69. The molecular formula is C17H18O5.